The Labute approximate surface area is 111 Å². The van der Waals surface area contributed by atoms with Crippen molar-refractivity contribution in [3.8, 4) is 5.75 Å². The normalized spacial score (nSPS) is 9.95. The van der Waals surface area contributed by atoms with Gasteiger partial charge in [0.2, 0.25) is 0 Å². The molecule has 0 spiro atoms. The first-order chi connectivity index (χ1) is 9.28. The molecule has 19 heavy (non-hydrogen) atoms. The van der Waals surface area contributed by atoms with Crippen molar-refractivity contribution in [2.24, 2.45) is 0 Å². The fourth-order valence-electron chi connectivity index (χ4n) is 1.54. The van der Waals surface area contributed by atoms with Gasteiger partial charge in [-0.1, -0.05) is 0 Å². The minimum absolute atomic E-state index is 0.0768. The third-order valence-corrected chi connectivity index (χ3v) is 2.60. The topological polar surface area (TPSA) is 63.4 Å². The first kappa shape index (κ1) is 13.0. The van der Waals surface area contributed by atoms with Crippen LogP contribution in [0, 0.1) is 0 Å². The number of nitrogens with one attached hydrogen (secondary N) is 2. The quantitative estimate of drug-likeness (QED) is 0.781. The van der Waals surface area contributed by atoms with Gasteiger partial charge in [0.15, 0.2) is 6.61 Å². The minimum Gasteiger partial charge on any atom is -0.482 e. The van der Waals surface area contributed by atoms with E-state index in [1.807, 2.05) is 42.7 Å². The summed E-state index contributed by atoms with van der Waals surface area (Å²) in [6.07, 6.45) is 3.83. The summed E-state index contributed by atoms with van der Waals surface area (Å²) >= 11 is 0. The molecule has 0 aliphatic rings. The number of hydrogen-bond donors (Lipinski definition) is 2. The van der Waals surface area contributed by atoms with Crippen LogP contribution in [0.2, 0.25) is 0 Å². The van der Waals surface area contributed by atoms with E-state index in [9.17, 15) is 4.79 Å². The van der Waals surface area contributed by atoms with E-state index in [2.05, 4.69) is 15.0 Å². The van der Waals surface area contributed by atoms with Crippen molar-refractivity contribution in [2.45, 2.75) is 6.54 Å². The van der Waals surface area contributed by atoms with Crippen molar-refractivity contribution in [3.63, 3.8) is 0 Å². The van der Waals surface area contributed by atoms with Crippen LogP contribution in [0.25, 0.3) is 0 Å². The molecule has 1 aromatic heterocycles. The Morgan fingerprint density at radius 2 is 2.05 bits per heavy atom. The summed E-state index contributed by atoms with van der Waals surface area (Å²) in [5.41, 5.74) is 2.18. The van der Waals surface area contributed by atoms with Gasteiger partial charge >= 0.3 is 5.97 Å². The van der Waals surface area contributed by atoms with E-state index in [0.29, 0.717) is 5.75 Å². The highest BCUT2D eigenvalue weighted by Gasteiger charge is 2.01. The maximum Gasteiger partial charge on any atom is 0.343 e. The number of aromatic amines is 1. The zero-order valence-electron chi connectivity index (χ0n) is 10.7. The Balaban J connectivity index is 1.82. The molecule has 0 radical (unpaired) electrons. The summed E-state index contributed by atoms with van der Waals surface area (Å²) in [6.45, 7) is 0.679. The van der Waals surface area contributed by atoms with Gasteiger partial charge in [0.05, 0.1) is 7.11 Å². The molecule has 5 nitrogen and oxygen atoms in total. The van der Waals surface area contributed by atoms with E-state index < -0.39 is 5.97 Å². The van der Waals surface area contributed by atoms with Gasteiger partial charge in [-0.15, -0.1) is 0 Å². The number of methoxy groups -OCH3 is 1. The van der Waals surface area contributed by atoms with E-state index in [-0.39, 0.29) is 6.61 Å². The molecule has 0 amide bonds. The average molecular weight is 260 g/mol. The molecule has 0 bridgehead atoms. The Bertz CT molecular complexity index is 506. The molecule has 2 N–H and O–H groups in total. The van der Waals surface area contributed by atoms with Crippen molar-refractivity contribution in [2.75, 3.05) is 19.0 Å². The number of aromatic nitrogens is 1. The molecule has 0 atom stereocenters. The van der Waals surface area contributed by atoms with Crippen LogP contribution in [0.3, 0.4) is 0 Å². The molecule has 2 rings (SSSR count). The van der Waals surface area contributed by atoms with Crippen LogP contribution in [0.15, 0.2) is 42.7 Å². The van der Waals surface area contributed by atoms with Crippen LogP contribution in [0.4, 0.5) is 5.69 Å². The smallest absolute Gasteiger partial charge is 0.343 e. The number of rotatable bonds is 6. The second-order valence-electron chi connectivity index (χ2n) is 3.96. The lowest BCUT2D eigenvalue weighted by atomic mass is 10.3. The van der Waals surface area contributed by atoms with Gasteiger partial charge in [0.25, 0.3) is 0 Å². The molecular formula is C14H16N2O3. The fraction of sp³-hybridized carbons (Fsp3) is 0.214. The molecule has 100 valence electrons. The monoisotopic (exact) mass is 260 g/mol. The third-order valence-electron chi connectivity index (χ3n) is 2.60. The summed E-state index contributed by atoms with van der Waals surface area (Å²) < 4.78 is 9.75. The standard InChI is InChI=1S/C14H16N2O3/c1-18-14(17)10-19-13-4-2-12(3-5-13)16-9-11-6-7-15-8-11/h2-8,15-16H,9-10H2,1H3. The van der Waals surface area contributed by atoms with Gasteiger partial charge in [-0.25, -0.2) is 4.79 Å². The molecule has 5 heteroatoms. The maximum absolute atomic E-state index is 10.9. The average Bonchev–Trinajstić information content (AvgIpc) is 2.97. The first-order valence-corrected chi connectivity index (χ1v) is 5.93. The number of carbonyl (C=O) groups is 1. The Kier molecular flexibility index (Phi) is 4.44. The lowest BCUT2D eigenvalue weighted by Crippen LogP contribution is -2.12. The number of hydrogen-bond acceptors (Lipinski definition) is 4. The Hall–Kier alpha value is -2.43. The highest BCUT2D eigenvalue weighted by molar-refractivity contribution is 5.70. The highest BCUT2D eigenvalue weighted by atomic mass is 16.6. The molecule has 2 aromatic rings. The lowest BCUT2D eigenvalue weighted by molar-refractivity contribution is -0.142. The van der Waals surface area contributed by atoms with Crippen LogP contribution in [0.1, 0.15) is 5.56 Å². The van der Waals surface area contributed by atoms with E-state index in [1.54, 1.807) is 0 Å². The van der Waals surface area contributed by atoms with Crippen molar-refractivity contribution in [1.29, 1.82) is 0 Å². The van der Waals surface area contributed by atoms with Crippen LogP contribution < -0.4 is 10.1 Å². The zero-order chi connectivity index (χ0) is 13.5. The summed E-state index contributed by atoms with van der Waals surface area (Å²) in [4.78, 5) is 13.9. The van der Waals surface area contributed by atoms with Crippen LogP contribution in [-0.2, 0) is 16.1 Å². The van der Waals surface area contributed by atoms with Crippen molar-refractivity contribution in [3.05, 3.63) is 48.3 Å². The van der Waals surface area contributed by atoms with E-state index >= 15 is 0 Å². The van der Waals surface area contributed by atoms with E-state index in [1.165, 1.54) is 12.7 Å². The molecule has 0 unspecified atom stereocenters. The van der Waals surface area contributed by atoms with Gasteiger partial charge in [0.1, 0.15) is 5.75 Å². The second kappa shape index (κ2) is 6.49. The van der Waals surface area contributed by atoms with Crippen molar-refractivity contribution in [1.82, 2.24) is 4.98 Å². The number of benzene rings is 1. The van der Waals surface area contributed by atoms with E-state index in [4.69, 9.17) is 4.74 Å². The van der Waals surface area contributed by atoms with Gasteiger partial charge in [-0.2, -0.15) is 0 Å². The molecule has 0 saturated carbocycles. The van der Waals surface area contributed by atoms with Crippen LogP contribution in [0.5, 0.6) is 5.75 Å². The fourth-order valence-corrected chi connectivity index (χ4v) is 1.54. The minimum atomic E-state index is -0.394. The highest BCUT2D eigenvalue weighted by Crippen LogP contribution is 2.16. The number of carbonyl (C=O) groups excluding carboxylic acids is 1. The van der Waals surface area contributed by atoms with E-state index in [0.717, 1.165) is 12.2 Å². The van der Waals surface area contributed by atoms with Crippen molar-refractivity contribution < 1.29 is 14.3 Å². The third kappa shape index (κ3) is 4.06. The van der Waals surface area contributed by atoms with Gasteiger partial charge in [-0.05, 0) is 35.9 Å². The first-order valence-electron chi connectivity index (χ1n) is 5.93. The molecular weight excluding hydrogens is 244 g/mol. The Morgan fingerprint density at radius 3 is 2.68 bits per heavy atom. The largest absolute Gasteiger partial charge is 0.482 e. The molecule has 0 saturated heterocycles. The number of H-pyrrole nitrogens is 1. The molecule has 0 fully saturated rings. The summed E-state index contributed by atoms with van der Waals surface area (Å²) in [7, 11) is 1.33. The SMILES string of the molecule is COC(=O)COc1ccc(NCc2cc[nH]c2)cc1. The predicted molar refractivity (Wildman–Crippen MR) is 72.1 cm³/mol. The molecule has 1 heterocycles. The number of esters is 1. The summed E-state index contributed by atoms with van der Waals surface area (Å²) in [6, 6.07) is 9.43. The summed E-state index contributed by atoms with van der Waals surface area (Å²) in [5.74, 6) is 0.243. The number of ether oxygens (including phenoxy) is 2. The van der Waals surface area contributed by atoms with Crippen LogP contribution in [-0.4, -0.2) is 24.7 Å². The second-order valence-corrected chi connectivity index (χ2v) is 3.96. The van der Waals surface area contributed by atoms with Gasteiger partial charge in [-0.3, -0.25) is 0 Å². The lowest BCUT2D eigenvalue weighted by Gasteiger charge is -2.07. The maximum atomic E-state index is 10.9. The Morgan fingerprint density at radius 1 is 1.26 bits per heavy atom. The molecule has 1 aromatic carbocycles. The van der Waals surface area contributed by atoms with Crippen molar-refractivity contribution >= 4 is 11.7 Å². The summed E-state index contributed by atoms with van der Waals surface area (Å²) in [5, 5.41) is 3.28. The van der Waals surface area contributed by atoms with Gasteiger partial charge in [0, 0.05) is 24.6 Å². The van der Waals surface area contributed by atoms with Crippen LogP contribution >= 0.6 is 0 Å². The predicted octanol–water partition coefficient (Wildman–Crippen LogP) is 2.18. The zero-order valence-corrected chi connectivity index (χ0v) is 10.7. The van der Waals surface area contributed by atoms with Gasteiger partial charge < -0.3 is 19.8 Å². The number of anilines is 1. The molecule has 0 aliphatic heterocycles. The molecule has 0 aliphatic carbocycles.